The summed E-state index contributed by atoms with van der Waals surface area (Å²) in [6.45, 7) is 4.30. The van der Waals surface area contributed by atoms with Crippen LogP contribution < -0.4 is 10.0 Å². The molecule has 1 aliphatic heterocycles. The lowest BCUT2D eigenvalue weighted by Gasteiger charge is -2.36. The molecule has 0 spiro atoms. The zero-order chi connectivity index (χ0) is 16.1. The van der Waals surface area contributed by atoms with Gasteiger partial charge in [-0.1, -0.05) is 6.92 Å². The SMILES string of the molecule is C[C@@H](CC(=O)[O-])CC(=O)N1CCN(c2ccc(F)cc2)CC1. The van der Waals surface area contributed by atoms with E-state index in [9.17, 15) is 19.1 Å². The Morgan fingerprint density at radius 1 is 1.14 bits per heavy atom. The number of benzene rings is 1. The third-order valence-corrected chi connectivity index (χ3v) is 3.86. The summed E-state index contributed by atoms with van der Waals surface area (Å²) in [5.41, 5.74) is 0.943. The smallest absolute Gasteiger partial charge is 0.222 e. The van der Waals surface area contributed by atoms with Gasteiger partial charge in [0.05, 0.1) is 0 Å². The molecule has 1 heterocycles. The molecule has 0 bridgehead atoms. The number of amides is 1. The summed E-state index contributed by atoms with van der Waals surface area (Å²) in [7, 11) is 0. The van der Waals surface area contributed by atoms with E-state index < -0.39 is 5.97 Å². The fourth-order valence-electron chi connectivity index (χ4n) is 2.65. The fraction of sp³-hybridized carbons (Fsp3) is 0.500. The molecule has 0 saturated carbocycles. The average Bonchev–Trinajstić information content (AvgIpc) is 2.47. The van der Waals surface area contributed by atoms with Crippen LogP contribution >= 0.6 is 0 Å². The van der Waals surface area contributed by atoms with Gasteiger partial charge in [-0.3, -0.25) is 4.79 Å². The predicted molar refractivity (Wildman–Crippen MR) is 78.6 cm³/mol. The lowest BCUT2D eigenvalue weighted by molar-refractivity contribution is -0.306. The first-order valence-electron chi connectivity index (χ1n) is 7.44. The van der Waals surface area contributed by atoms with Crippen molar-refractivity contribution < 1.29 is 19.1 Å². The van der Waals surface area contributed by atoms with E-state index in [0.717, 1.165) is 5.69 Å². The van der Waals surface area contributed by atoms with Crippen LogP contribution in [0, 0.1) is 11.7 Å². The molecule has 5 nitrogen and oxygen atoms in total. The van der Waals surface area contributed by atoms with Crippen molar-refractivity contribution in [3.63, 3.8) is 0 Å². The number of anilines is 1. The molecule has 0 aliphatic carbocycles. The van der Waals surface area contributed by atoms with E-state index in [-0.39, 0.29) is 30.5 Å². The zero-order valence-corrected chi connectivity index (χ0v) is 12.6. The fourth-order valence-corrected chi connectivity index (χ4v) is 2.65. The standard InChI is InChI=1S/C16H21FN2O3/c1-12(11-16(21)22)10-15(20)19-8-6-18(7-9-19)14-4-2-13(17)3-5-14/h2-5,12H,6-11H2,1H3,(H,21,22)/p-1/t12-/m1/s1. The van der Waals surface area contributed by atoms with E-state index >= 15 is 0 Å². The van der Waals surface area contributed by atoms with Gasteiger partial charge in [-0.2, -0.15) is 0 Å². The van der Waals surface area contributed by atoms with Crippen LogP contribution in [0.15, 0.2) is 24.3 Å². The number of carbonyl (C=O) groups excluding carboxylic acids is 2. The Labute approximate surface area is 129 Å². The second-order valence-corrected chi connectivity index (χ2v) is 5.73. The van der Waals surface area contributed by atoms with Gasteiger partial charge in [0.2, 0.25) is 5.91 Å². The molecule has 0 N–H and O–H groups in total. The van der Waals surface area contributed by atoms with Gasteiger partial charge in [0.1, 0.15) is 5.82 Å². The highest BCUT2D eigenvalue weighted by Crippen LogP contribution is 2.18. The molecule has 0 unspecified atom stereocenters. The highest BCUT2D eigenvalue weighted by molar-refractivity contribution is 5.77. The highest BCUT2D eigenvalue weighted by Gasteiger charge is 2.22. The Bertz CT molecular complexity index is 525. The second kappa shape index (κ2) is 7.24. The Kier molecular flexibility index (Phi) is 5.35. The molecule has 1 atom stereocenters. The maximum atomic E-state index is 12.9. The quantitative estimate of drug-likeness (QED) is 0.801. The van der Waals surface area contributed by atoms with Crippen molar-refractivity contribution in [1.82, 2.24) is 4.90 Å². The number of halogens is 1. The number of hydrogen-bond acceptors (Lipinski definition) is 4. The van der Waals surface area contributed by atoms with Crippen molar-refractivity contribution in [2.45, 2.75) is 19.8 Å². The summed E-state index contributed by atoms with van der Waals surface area (Å²) >= 11 is 0. The van der Waals surface area contributed by atoms with Crippen LogP contribution in [0.2, 0.25) is 0 Å². The van der Waals surface area contributed by atoms with Gasteiger partial charge < -0.3 is 19.7 Å². The van der Waals surface area contributed by atoms with E-state index in [1.165, 1.54) is 12.1 Å². The molecule has 6 heteroatoms. The van der Waals surface area contributed by atoms with Crippen LogP contribution in [0.3, 0.4) is 0 Å². The molecular weight excluding hydrogens is 287 g/mol. The van der Waals surface area contributed by atoms with Gasteiger partial charge in [0.15, 0.2) is 0 Å². The summed E-state index contributed by atoms with van der Waals surface area (Å²) in [5.74, 6) is -1.62. The molecule has 120 valence electrons. The highest BCUT2D eigenvalue weighted by atomic mass is 19.1. The van der Waals surface area contributed by atoms with Crippen molar-refractivity contribution >= 4 is 17.6 Å². The first-order valence-corrected chi connectivity index (χ1v) is 7.44. The van der Waals surface area contributed by atoms with Gasteiger partial charge in [-0.05, 0) is 36.6 Å². The molecule has 1 fully saturated rings. The lowest BCUT2D eigenvalue weighted by Crippen LogP contribution is -2.49. The normalized spacial score (nSPS) is 16.5. The minimum atomic E-state index is -1.12. The van der Waals surface area contributed by atoms with Crippen molar-refractivity contribution in [1.29, 1.82) is 0 Å². The predicted octanol–water partition coefficient (Wildman–Crippen LogP) is 0.640. The first kappa shape index (κ1) is 16.3. The monoisotopic (exact) mass is 307 g/mol. The molecule has 1 aliphatic rings. The van der Waals surface area contributed by atoms with Crippen molar-refractivity contribution in [2.24, 2.45) is 5.92 Å². The topological polar surface area (TPSA) is 63.7 Å². The van der Waals surface area contributed by atoms with E-state index in [1.807, 2.05) is 0 Å². The third kappa shape index (κ3) is 4.44. The van der Waals surface area contributed by atoms with Crippen molar-refractivity contribution in [2.75, 3.05) is 31.1 Å². The van der Waals surface area contributed by atoms with Gasteiger partial charge in [0, 0.05) is 44.3 Å². The van der Waals surface area contributed by atoms with Gasteiger partial charge in [-0.25, -0.2) is 4.39 Å². The molecule has 0 aromatic heterocycles. The number of carboxylic acids is 1. The summed E-state index contributed by atoms with van der Waals surface area (Å²) in [4.78, 5) is 26.5. The summed E-state index contributed by atoms with van der Waals surface area (Å²) in [5, 5.41) is 10.5. The molecule has 1 aromatic carbocycles. The number of piperazine rings is 1. The first-order chi connectivity index (χ1) is 10.5. The van der Waals surface area contributed by atoms with Gasteiger partial charge in [-0.15, -0.1) is 0 Å². The minimum absolute atomic E-state index is 0.0208. The minimum Gasteiger partial charge on any atom is -0.550 e. The van der Waals surface area contributed by atoms with Gasteiger partial charge >= 0.3 is 0 Å². The van der Waals surface area contributed by atoms with Gasteiger partial charge in [0.25, 0.3) is 0 Å². The zero-order valence-electron chi connectivity index (χ0n) is 12.6. The van der Waals surface area contributed by atoms with Crippen LogP contribution in [0.1, 0.15) is 19.8 Å². The molecule has 1 amide bonds. The Morgan fingerprint density at radius 3 is 2.27 bits per heavy atom. The number of carboxylic acid groups (broad SMARTS) is 1. The van der Waals surface area contributed by atoms with Crippen LogP contribution in [0.4, 0.5) is 10.1 Å². The molecule has 1 aromatic rings. The number of carbonyl (C=O) groups is 2. The van der Waals surface area contributed by atoms with E-state index in [1.54, 1.807) is 24.0 Å². The van der Waals surface area contributed by atoms with E-state index in [2.05, 4.69) is 4.90 Å². The maximum absolute atomic E-state index is 12.9. The number of hydrogen-bond donors (Lipinski definition) is 0. The van der Waals surface area contributed by atoms with Crippen molar-refractivity contribution in [3.8, 4) is 0 Å². The van der Waals surface area contributed by atoms with Crippen LogP contribution in [-0.2, 0) is 9.59 Å². The Morgan fingerprint density at radius 2 is 1.73 bits per heavy atom. The molecular formula is C16H20FN2O3-. The summed E-state index contributed by atoms with van der Waals surface area (Å²) in [6, 6.07) is 6.31. The molecule has 1 saturated heterocycles. The van der Waals surface area contributed by atoms with Crippen LogP contribution in [0.25, 0.3) is 0 Å². The lowest BCUT2D eigenvalue weighted by atomic mass is 10.0. The van der Waals surface area contributed by atoms with Crippen LogP contribution in [0.5, 0.6) is 0 Å². The van der Waals surface area contributed by atoms with E-state index in [4.69, 9.17) is 0 Å². The molecule has 2 rings (SSSR count). The molecule has 0 radical (unpaired) electrons. The van der Waals surface area contributed by atoms with E-state index in [0.29, 0.717) is 26.2 Å². The molecule has 22 heavy (non-hydrogen) atoms. The summed E-state index contributed by atoms with van der Waals surface area (Å²) in [6.07, 6.45) is 0.131. The largest absolute Gasteiger partial charge is 0.550 e. The average molecular weight is 307 g/mol. The van der Waals surface area contributed by atoms with Crippen molar-refractivity contribution in [3.05, 3.63) is 30.1 Å². The van der Waals surface area contributed by atoms with Crippen LogP contribution in [-0.4, -0.2) is 43.0 Å². The summed E-state index contributed by atoms with van der Waals surface area (Å²) < 4.78 is 12.9. The third-order valence-electron chi connectivity index (χ3n) is 3.86. The Hall–Kier alpha value is -2.11. The number of aliphatic carboxylic acids is 1. The number of rotatable bonds is 5. The second-order valence-electron chi connectivity index (χ2n) is 5.73. The Balaban J connectivity index is 1.82. The maximum Gasteiger partial charge on any atom is 0.222 e. The number of nitrogens with zero attached hydrogens (tertiary/aromatic N) is 2.